The number of anilines is 2. The van der Waals surface area contributed by atoms with Crippen LogP contribution in [0.5, 0.6) is 0 Å². The van der Waals surface area contributed by atoms with Crippen LogP contribution in [0, 0.1) is 0 Å². The average molecular weight is 406 g/mol. The molecule has 0 aliphatic carbocycles. The first-order valence-electron chi connectivity index (χ1n) is 10.4. The van der Waals surface area contributed by atoms with Crippen molar-refractivity contribution in [3.05, 3.63) is 35.6 Å². The highest BCUT2D eigenvalue weighted by Gasteiger charge is 2.15. The first kappa shape index (κ1) is 24.2. The van der Waals surface area contributed by atoms with Gasteiger partial charge in [-0.25, -0.2) is 9.97 Å². The van der Waals surface area contributed by atoms with Gasteiger partial charge in [0.15, 0.2) is 0 Å². The van der Waals surface area contributed by atoms with E-state index in [9.17, 15) is 0 Å². The van der Waals surface area contributed by atoms with Gasteiger partial charge in [0.05, 0.1) is 5.02 Å². The Labute approximate surface area is 175 Å². The number of unbranched alkanes of at least 4 members (excludes halogenated alkanes) is 2. The molecule has 0 radical (unpaired) electrons. The van der Waals surface area contributed by atoms with Crippen LogP contribution in [-0.4, -0.2) is 48.1 Å². The first-order valence-corrected chi connectivity index (χ1v) is 10.7. The molecule has 1 aliphatic heterocycles. The molecule has 5 nitrogen and oxygen atoms in total. The number of halogens is 1. The van der Waals surface area contributed by atoms with E-state index >= 15 is 0 Å². The lowest BCUT2D eigenvalue weighted by molar-refractivity contribution is 0.312. The number of piperazine rings is 1. The van der Waals surface area contributed by atoms with Crippen LogP contribution in [0.25, 0.3) is 11.1 Å². The van der Waals surface area contributed by atoms with Crippen molar-refractivity contribution in [2.24, 2.45) is 0 Å². The minimum atomic E-state index is 0.456. The summed E-state index contributed by atoms with van der Waals surface area (Å²) in [4.78, 5) is 13.2. The summed E-state index contributed by atoms with van der Waals surface area (Å²) in [6, 6.07) is 5.84. The molecule has 1 aliphatic rings. The second kappa shape index (κ2) is 13.3. The highest BCUT2D eigenvalue weighted by molar-refractivity contribution is 6.33. The molecule has 0 unspecified atom stereocenters. The average Bonchev–Trinajstić information content (AvgIpc) is 2.73. The molecule has 2 N–H and O–H groups in total. The van der Waals surface area contributed by atoms with E-state index in [-0.39, 0.29) is 0 Å². The quantitative estimate of drug-likeness (QED) is 0.742. The van der Waals surface area contributed by atoms with Gasteiger partial charge in [-0.2, -0.15) is 0 Å². The zero-order chi connectivity index (χ0) is 20.9. The Hall–Kier alpha value is -1.85. The van der Waals surface area contributed by atoms with Gasteiger partial charge in [-0.05, 0) is 25.2 Å². The molecule has 2 aromatic rings. The third kappa shape index (κ3) is 7.64. The number of aromatic nitrogens is 2. The number of nitrogens with zero attached hydrogens (tertiary/aromatic N) is 4. The van der Waals surface area contributed by atoms with Crippen LogP contribution in [0.1, 0.15) is 47.0 Å². The number of pyridine rings is 2. The van der Waals surface area contributed by atoms with Crippen molar-refractivity contribution in [1.82, 2.24) is 14.9 Å². The van der Waals surface area contributed by atoms with Crippen LogP contribution in [0.15, 0.2) is 30.6 Å². The molecule has 0 bridgehead atoms. The second-order valence-corrected chi connectivity index (χ2v) is 7.05. The fourth-order valence-electron chi connectivity index (χ4n) is 2.80. The molecule has 3 heterocycles. The molecule has 3 rings (SSSR count). The van der Waals surface area contributed by atoms with Gasteiger partial charge < -0.3 is 15.5 Å². The summed E-state index contributed by atoms with van der Waals surface area (Å²) in [6.45, 7) is 12.6. The second-order valence-electron chi connectivity index (χ2n) is 6.64. The van der Waals surface area contributed by atoms with Crippen LogP contribution < -0.4 is 10.6 Å². The van der Waals surface area contributed by atoms with Crippen molar-refractivity contribution >= 4 is 23.2 Å². The SMILES string of the molecule is CC.CCCCC.CN1CCN(c2ccc(-c3cc(N)ncc3Cl)cn2)CC1. The standard InChI is InChI=1S/C15H18ClN5.C5H12.C2H6/c1-20-4-6-21(7-5-20)15-3-2-11(9-19-15)12-8-14(17)18-10-13(12)16;1-3-5-4-2;1-2/h2-3,8-10H,4-7H2,1H3,(H2,17,18);3-5H2,1-2H3;1-2H3. The van der Waals surface area contributed by atoms with E-state index in [1.165, 1.54) is 19.3 Å². The molecular formula is C22H36ClN5. The Balaban J connectivity index is 0.000000490. The summed E-state index contributed by atoms with van der Waals surface area (Å²) >= 11 is 6.17. The zero-order valence-electron chi connectivity index (χ0n) is 18.1. The number of nitrogens with two attached hydrogens (primary N) is 1. The molecule has 1 fully saturated rings. The summed E-state index contributed by atoms with van der Waals surface area (Å²) in [5.74, 6) is 1.46. The lowest BCUT2D eigenvalue weighted by Gasteiger charge is -2.33. The van der Waals surface area contributed by atoms with Gasteiger partial charge >= 0.3 is 0 Å². The lowest BCUT2D eigenvalue weighted by Crippen LogP contribution is -2.44. The number of nitrogen functional groups attached to an aromatic ring is 1. The summed E-state index contributed by atoms with van der Waals surface area (Å²) in [5.41, 5.74) is 7.54. The van der Waals surface area contributed by atoms with E-state index in [4.69, 9.17) is 17.3 Å². The molecule has 0 spiro atoms. The van der Waals surface area contributed by atoms with Crippen LogP contribution in [-0.2, 0) is 0 Å². The van der Waals surface area contributed by atoms with E-state index in [0.29, 0.717) is 10.8 Å². The first-order chi connectivity index (χ1) is 13.5. The Kier molecular flexibility index (Phi) is 11.5. The largest absolute Gasteiger partial charge is 0.384 e. The molecule has 156 valence electrons. The smallest absolute Gasteiger partial charge is 0.128 e. The fourth-order valence-corrected chi connectivity index (χ4v) is 3.01. The number of hydrogen-bond acceptors (Lipinski definition) is 5. The maximum Gasteiger partial charge on any atom is 0.128 e. The Morgan fingerprint density at radius 1 is 1.00 bits per heavy atom. The van der Waals surface area contributed by atoms with Crippen LogP contribution >= 0.6 is 11.6 Å². The number of hydrogen-bond donors (Lipinski definition) is 1. The zero-order valence-corrected chi connectivity index (χ0v) is 18.8. The third-order valence-corrected chi connectivity index (χ3v) is 4.77. The van der Waals surface area contributed by atoms with Gasteiger partial charge in [0.2, 0.25) is 0 Å². The highest BCUT2D eigenvalue weighted by atomic mass is 35.5. The van der Waals surface area contributed by atoms with Gasteiger partial charge in [-0.15, -0.1) is 0 Å². The maximum atomic E-state index is 6.17. The van der Waals surface area contributed by atoms with Crippen molar-refractivity contribution in [3.63, 3.8) is 0 Å². The summed E-state index contributed by atoms with van der Waals surface area (Å²) in [6.07, 6.45) is 7.49. The van der Waals surface area contributed by atoms with Gasteiger partial charge in [0.1, 0.15) is 11.6 Å². The Morgan fingerprint density at radius 3 is 2.14 bits per heavy atom. The Bertz CT molecular complexity index is 665. The molecule has 1 saturated heterocycles. The van der Waals surface area contributed by atoms with Gasteiger partial charge in [-0.3, -0.25) is 0 Å². The summed E-state index contributed by atoms with van der Waals surface area (Å²) in [7, 11) is 2.14. The van der Waals surface area contributed by atoms with Crippen LogP contribution in [0.3, 0.4) is 0 Å². The number of rotatable bonds is 4. The maximum absolute atomic E-state index is 6.17. The van der Waals surface area contributed by atoms with E-state index in [2.05, 4.69) is 40.7 Å². The molecule has 2 aromatic heterocycles. The van der Waals surface area contributed by atoms with Crippen molar-refractivity contribution in [3.8, 4) is 11.1 Å². The van der Waals surface area contributed by atoms with E-state index in [1.807, 2.05) is 32.2 Å². The third-order valence-electron chi connectivity index (χ3n) is 4.47. The molecule has 0 saturated carbocycles. The van der Waals surface area contributed by atoms with Gasteiger partial charge in [-0.1, -0.05) is 58.6 Å². The summed E-state index contributed by atoms with van der Waals surface area (Å²) < 4.78 is 0. The fraction of sp³-hybridized carbons (Fsp3) is 0.545. The molecule has 0 atom stereocenters. The predicted molar refractivity (Wildman–Crippen MR) is 123 cm³/mol. The molecule has 28 heavy (non-hydrogen) atoms. The Morgan fingerprint density at radius 2 is 1.64 bits per heavy atom. The van der Waals surface area contributed by atoms with Crippen LogP contribution in [0.2, 0.25) is 5.02 Å². The lowest BCUT2D eigenvalue weighted by atomic mass is 10.1. The highest BCUT2D eigenvalue weighted by Crippen LogP contribution is 2.29. The van der Waals surface area contributed by atoms with E-state index in [0.717, 1.165) is 43.1 Å². The van der Waals surface area contributed by atoms with Crippen LogP contribution in [0.4, 0.5) is 11.6 Å². The topological polar surface area (TPSA) is 58.3 Å². The molecule has 6 heteroatoms. The monoisotopic (exact) mass is 405 g/mol. The normalized spacial score (nSPS) is 13.9. The van der Waals surface area contributed by atoms with Gasteiger partial charge in [0, 0.05) is 49.7 Å². The predicted octanol–water partition coefficient (Wildman–Crippen LogP) is 5.35. The minimum absolute atomic E-state index is 0.456. The van der Waals surface area contributed by atoms with Gasteiger partial charge in [0.25, 0.3) is 0 Å². The minimum Gasteiger partial charge on any atom is -0.384 e. The molecule has 0 amide bonds. The van der Waals surface area contributed by atoms with E-state index < -0.39 is 0 Å². The summed E-state index contributed by atoms with van der Waals surface area (Å²) in [5, 5.41) is 0.582. The van der Waals surface area contributed by atoms with E-state index in [1.54, 1.807) is 12.3 Å². The number of likely N-dealkylation sites (N-methyl/N-ethyl adjacent to an activating group) is 1. The molecule has 0 aromatic carbocycles. The molecular weight excluding hydrogens is 370 g/mol. The van der Waals surface area contributed by atoms with Crippen molar-refractivity contribution in [2.75, 3.05) is 43.9 Å². The van der Waals surface area contributed by atoms with Crippen molar-refractivity contribution in [2.45, 2.75) is 47.0 Å². The van der Waals surface area contributed by atoms with Crippen molar-refractivity contribution < 1.29 is 0 Å². The van der Waals surface area contributed by atoms with Crippen molar-refractivity contribution in [1.29, 1.82) is 0 Å².